The van der Waals surface area contributed by atoms with Crippen molar-refractivity contribution in [2.75, 3.05) is 0 Å². The highest BCUT2D eigenvalue weighted by Crippen LogP contribution is 2.01. The van der Waals surface area contributed by atoms with Crippen LogP contribution in [0.4, 0.5) is 0 Å². The molecule has 0 aliphatic rings. The molecule has 1 rings (SSSR count). The van der Waals surface area contributed by atoms with Crippen molar-refractivity contribution >= 4 is 11.8 Å². The lowest BCUT2D eigenvalue weighted by Gasteiger charge is -2.10. The zero-order valence-corrected chi connectivity index (χ0v) is 11.2. The normalized spacial score (nSPS) is 10.6. The second kappa shape index (κ2) is 6.14. The average molecular weight is 249 g/mol. The predicted molar refractivity (Wildman–Crippen MR) is 69.4 cm³/mol. The highest BCUT2D eigenvalue weighted by Gasteiger charge is 2.13. The zero-order chi connectivity index (χ0) is 13.7. The minimum absolute atomic E-state index is 0.0347. The van der Waals surface area contributed by atoms with Crippen LogP contribution in [0, 0.1) is 0 Å². The van der Waals surface area contributed by atoms with Crippen molar-refractivity contribution in [1.82, 2.24) is 15.6 Å². The molecule has 0 bridgehead atoms. The molecule has 18 heavy (non-hydrogen) atoms. The highest BCUT2D eigenvalue weighted by atomic mass is 16.2. The van der Waals surface area contributed by atoms with Crippen molar-refractivity contribution in [2.45, 2.75) is 39.8 Å². The van der Waals surface area contributed by atoms with Crippen LogP contribution in [0.3, 0.4) is 0 Å². The Morgan fingerprint density at radius 3 is 1.67 bits per heavy atom. The maximum absolute atomic E-state index is 11.7. The van der Waals surface area contributed by atoms with Gasteiger partial charge in [-0.25, -0.2) is 4.98 Å². The second-order valence-electron chi connectivity index (χ2n) is 4.66. The zero-order valence-electron chi connectivity index (χ0n) is 11.2. The SMILES string of the molecule is CC(C)NC(=O)c1cccc(C(=O)NC(C)C)n1. The summed E-state index contributed by atoms with van der Waals surface area (Å²) in [7, 11) is 0. The van der Waals surface area contributed by atoms with Gasteiger partial charge in [0.15, 0.2) is 0 Å². The number of aromatic nitrogens is 1. The van der Waals surface area contributed by atoms with Crippen LogP contribution in [0.5, 0.6) is 0 Å². The Balaban J connectivity index is 2.85. The Morgan fingerprint density at radius 1 is 0.944 bits per heavy atom. The summed E-state index contributed by atoms with van der Waals surface area (Å²) in [5.74, 6) is -0.548. The van der Waals surface area contributed by atoms with E-state index in [1.165, 1.54) is 0 Å². The third-order valence-corrected chi connectivity index (χ3v) is 2.05. The van der Waals surface area contributed by atoms with Gasteiger partial charge in [0.2, 0.25) is 0 Å². The van der Waals surface area contributed by atoms with Crippen LogP contribution in [0.25, 0.3) is 0 Å². The van der Waals surface area contributed by atoms with E-state index in [2.05, 4.69) is 15.6 Å². The first kappa shape index (κ1) is 14.2. The Labute approximate surface area is 107 Å². The molecular formula is C13H19N3O2. The predicted octanol–water partition coefficient (Wildman–Crippen LogP) is 1.36. The Kier molecular flexibility index (Phi) is 4.83. The molecule has 1 aromatic rings. The van der Waals surface area contributed by atoms with Crippen LogP contribution >= 0.6 is 0 Å². The van der Waals surface area contributed by atoms with E-state index in [4.69, 9.17) is 0 Å². The molecule has 0 aromatic carbocycles. The largest absolute Gasteiger partial charge is 0.349 e. The molecule has 1 heterocycles. The standard InChI is InChI=1S/C13H19N3O2/c1-8(2)14-12(17)10-6-5-7-11(16-10)13(18)15-9(3)4/h5-9H,1-4H3,(H,14,17)(H,15,18). The maximum atomic E-state index is 11.7. The van der Waals surface area contributed by atoms with E-state index in [1.54, 1.807) is 18.2 Å². The summed E-state index contributed by atoms with van der Waals surface area (Å²) in [4.78, 5) is 27.5. The number of carbonyl (C=O) groups is 2. The summed E-state index contributed by atoms with van der Waals surface area (Å²) in [5, 5.41) is 5.47. The van der Waals surface area contributed by atoms with Gasteiger partial charge in [0.1, 0.15) is 11.4 Å². The van der Waals surface area contributed by atoms with Gasteiger partial charge in [0.25, 0.3) is 11.8 Å². The molecule has 0 unspecified atom stereocenters. The maximum Gasteiger partial charge on any atom is 0.270 e. The van der Waals surface area contributed by atoms with Crippen molar-refractivity contribution in [3.05, 3.63) is 29.6 Å². The smallest absolute Gasteiger partial charge is 0.270 e. The van der Waals surface area contributed by atoms with E-state index in [9.17, 15) is 9.59 Å². The molecule has 2 amide bonds. The first-order chi connectivity index (χ1) is 8.40. The van der Waals surface area contributed by atoms with E-state index >= 15 is 0 Å². The third kappa shape index (κ3) is 4.16. The van der Waals surface area contributed by atoms with Gasteiger partial charge in [-0.2, -0.15) is 0 Å². The van der Waals surface area contributed by atoms with E-state index in [1.807, 2.05) is 27.7 Å². The summed E-state index contributed by atoms with van der Waals surface area (Å²) in [6.45, 7) is 7.47. The monoisotopic (exact) mass is 249 g/mol. The summed E-state index contributed by atoms with van der Waals surface area (Å²) >= 11 is 0. The number of amides is 2. The number of nitrogens with zero attached hydrogens (tertiary/aromatic N) is 1. The van der Waals surface area contributed by atoms with Crippen LogP contribution in [-0.4, -0.2) is 28.9 Å². The lowest BCUT2D eigenvalue weighted by molar-refractivity contribution is 0.0934. The fourth-order valence-electron chi connectivity index (χ4n) is 1.36. The second-order valence-corrected chi connectivity index (χ2v) is 4.66. The number of pyridine rings is 1. The molecule has 0 fully saturated rings. The summed E-state index contributed by atoms with van der Waals surface area (Å²) in [6, 6.07) is 4.89. The number of hydrogen-bond donors (Lipinski definition) is 2. The van der Waals surface area contributed by atoms with Gasteiger partial charge in [0.05, 0.1) is 0 Å². The lowest BCUT2D eigenvalue weighted by Crippen LogP contribution is -2.33. The number of carbonyl (C=O) groups excluding carboxylic acids is 2. The molecular weight excluding hydrogens is 230 g/mol. The van der Waals surface area contributed by atoms with Crippen LogP contribution in [0.15, 0.2) is 18.2 Å². The van der Waals surface area contributed by atoms with Crippen molar-refractivity contribution in [1.29, 1.82) is 0 Å². The Bertz CT molecular complexity index is 404. The molecule has 2 N–H and O–H groups in total. The molecule has 0 radical (unpaired) electrons. The van der Waals surface area contributed by atoms with E-state index in [0.29, 0.717) is 0 Å². The van der Waals surface area contributed by atoms with Crippen LogP contribution in [0.1, 0.15) is 48.7 Å². The topological polar surface area (TPSA) is 71.1 Å². The molecule has 0 saturated heterocycles. The van der Waals surface area contributed by atoms with Crippen LogP contribution in [0.2, 0.25) is 0 Å². The summed E-state index contributed by atoms with van der Waals surface area (Å²) in [5.41, 5.74) is 0.500. The van der Waals surface area contributed by atoms with Gasteiger partial charge in [-0.05, 0) is 39.8 Å². The summed E-state index contributed by atoms with van der Waals surface area (Å²) in [6.07, 6.45) is 0. The van der Waals surface area contributed by atoms with Crippen molar-refractivity contribution in [2.24, 2.45) is 0 Å². The van der Waals surface area contributed by atoms with Crippen LogP contribution in [-0.2, 0) is 0 Å². The molecule has 1 aromatic heterocycles. The highest BCUT2D eigenvalue weighted by molar-refractivity contribution is 5.96. The molecule has 5 heteroatoms. The molecule has 0 aliphatic heterocycles. The van der Waals surface area contributed by atoms with E-state index in [-0.39, 0.29) is 35.3 Å². The molecule has 0 saturated carbocycles. The molecule has 98 valence electrons. The minimum Gasteiger partial charge on any atom is -0.349 e. The summed E-state index contributed by atoms with van der Waals surface area (Å²) < 4.78 is 0. The van der Waals surface area contributed by atoms with Gasteiger partial charge in [0, 0.05) is 12.1 Å². The number of nitrogens with one attached hydrogen (secondary N) is 2. The lowest BCUT2D eigenvalue weighted by atomic mass is 10.2. The van der Waals surface area contributed by atoms with Gasteiger partial charge in [-0.15, -0.1) is 0 Å². The van der Waals surface area contributed by atoms with Gasteiger partial charge in [-0.3, -0.25) is 9.59 Å². The fraction of sp³-hybridized carbons (Fsp3) is 0.462. The average Bonchev–Trinajstić information content (AvgIpc) is 2.27. The van der Waals surface area contributed by atoms with Gasteiger partial charge in [-0.1, -0.05) is 6.07 Å². The quantitative estimate of drug-likeness (QED) is 0.846. The number of rotatable bonds is 4. The van der Waals surface area contributed by atoms with Crippen molar-refractivity contribution < 1.29 is 9.59 Å². The van der Waals surface area contributed by atoms with Gasteiger partial charge >= 0.3 is 0 Å². The molecule has 5 nitrogen and oxygen atoms in total. The van der Waals surface area contributed by atoms with E-state index in [0.717, 1.165) is 0 Å². The first-order valence-electron chi connectivity index (χ1n) is 5.99. The third-order valence-electron chi connectivity index (χ3n) is 2.05. The van der Waals surface area contributed by atoms with Crippen molar-refractivity contribution in [3.63, 3.8) is 0 Å². The minimum atomic E-state index is -0.274. The first-order valence-corrected chi connectivity index (χ1v) is 5.99. The van der Waals surface area contributed by atoms with E-state index < -0.39 is 0 Å². The molecule has 0 spiro atoms. The van der Waals surface area contributed by atoms with Crippen molar-refractivity contribution in [3.8, 4) is 0 Å². The molecule has 0 aliphatic carbocycles. The van der Waals surface area contributed by atoms with Gasteiger partial charge < -0.3 is 10.6 Å². The Hall–Kier alpha value is -1.91. The number of hydrogen-bond acceptors (Lipinski definition) is 3. The van der Waals surface area contributed by atoms with Crippen LogP contribution < -0.4 is 10.6 Å². The molecule has 0 atom stereocenters. The Morgan fingerprint density at radius 2 is 1.33 bits per heavy atom. The fourth-order valence-corrected chi connectivity index (χ4v) is 1.36.